The number of thiazole rings is 1. The van der Waals surface area contributed by atoms with E-state index in [4.69, 9.17) is 23.2 Å². The number of aromatic nitrogens is 1. The highest BCUT2D eigenvalue weighted by molar-refractivity contribution is 8.18. The van der Waals surface area contributed by atoms with Crippen LogP contribution < -0.4 is 0 Å². The molecule has 0 atom stereocenters. The van der Waals surface area contributed by atoms with Crippen LogP contribution in [-0.2, 0) is 4.79 Å². The zero-order valence-corrected chi connectivity index (χ0v) is 15.0. The number of benzene rings is 1. The minimum absolute atomic E-state index is 0.164. The van der Waals surface area contributed by atoms with E-state index in [9.17, 15) is 14.4 Å². The van der Waals surface area contributed by atoms with Crippen molar-refractivity contribution in [2.75, 3.05) is 6.54 Å². The molecule has 0 saturated carbocycles. The van der Waals surface area contributed by atoms with Crippen molar-refractivity contribution in [3.05, 3.63) is 55.3 Å². The van der Waals surface area contributed by atoms with Gasteiger partial charge < -0.3 is 0 Å². The molecule has 3 rings (SSSR count). The molecule has 1 aliphatic heterocycles. The molecule has 122 valence electrons. The van der Waals surface area contributed by atoms with Crippen LogP contribution >= 0.6 is 46.3 Å². The highest BCUT2D eigenvalue weighted by atomic mass is 35.5. The van der Waals surface area contributed by atoms with E-state index in [1.807, 2.05) is 0 Å². The van der Waals surface area contributed by atoms with Gasteiger partial charge in [-0.15, -0.1) is 11.3 Å². The summed E-state index contributed by atoms with van der Waals surface area (Å²) in [4.78, 5) is 42.0. The number of hydrogen-bond donors (Lipinski definition) is 0. The normalized spacial score (nSPS) is 16.2. The topological polar surface area (TPSA) is 67.3 Å². The Morgan fingerprint density at radius 1 is 1.21 bits per heavy atom. The Morgan fingerprint density at radius 3 is 2.54 bits per heavy atom. The monoisotopic (exact) mass is 398 g/mol. The van der Waals surface area contributed by atoms with Crippen molar-refractivity contribution in [2.45, 2.75) is 0 Å². The molecule has 0 spiro atoms. The lowest BCUT2D eigenvalue weighted by atomic mass is 10.1. The van der Waals surface area contributed by atoms with Crippen molar-refractivity contribution in [3.8, 4) is 0 Å². The molecule has 0 aliphatic carbocycles. The number of Topliss-reactive ketones (excluding diaryl/α,β-unsaturated/α-hetero) is 1. The van der Waals surface area contributed by atoms with Crippen molar-refractivity contribution in [3.63, 3.8) is 0 Å². The molecule has 1 saturated heterocycles. The summed E-state index contributed by atoms with van der Waals surface area (Å²) in [5.41, 5.74) is 0.442. The van der Waals surface area contributed by atoms with Crippen molar-refractivity contribution < 1.29 is 14.4 Å². The molecular formula is C15H8Cl2N2O3S2. The number of nitrogens with zero attached hydrogens (tertiary/aromatic N) is 2. The summed E-state index contributed by atoms with van der Waals surface area (Å²) in [6, 6.07) is 8.49. The summed E-state index contributed by atoms with van der Waals surface area (Å²) in [7, 11) is 0. The fraction of sp³-hybridized carbons (Fsp3) is 0.0667. The van der Waals surface area contributed by atoms with Crippen LogP contribution in [0.1, 0.15) is 15.2 Å². The highest BCUT2D eigenvalue weighted by Gasteiger charge is 2.36. The van der Waals surface area contributed by atoms with Crippen LogP contribution in [0, 0.1) is 0 Å². The molecule has 0 bridgehead atoms. The molecule has 2 amide bonds. The largest absolute Gasteiger partial charge is 0.293 e. The van der Waals surface area contributed by atoms with E-state index in [1.165, 1.54) is 6.08 Å². The molecule has 5 nitrogen and oxygen atoms in total. The van der Waals surface area contributed by atoms with Gasteiger partial charge >= 0.3 is 0 Å². The van der Waals surface area contributed by atoms with Gasteiger partial charge in [-0.1, -0.05) is 53.5 Å². The van der Waals surface area contributed by atoms with Crippen LogP contribution in [-0.4, -0.2) is 33.4 Å². The predicted molar refractivity (Wildman–Crippen MR) is 95.6 cm³/mol. The Bertz CT molecular complexity index is 865. The molecule has 1 aromatic heterocycles. The lowest BCUT2D eigenvalue weighted by Crippen LogP contribution is -2.33. The molecule has 0 N–H and O–H groups in total. The first-order valence-corrected chi connectivity index (χ1v) is 9.00. The van der Waals surface area contributed by atoms with Gasteiger partial charge in [0.05, 0.1) is 16.3 Å². The average Bonchev–Trinajstić information content (AvgIpc) is 3.01. The Balaban J connectivity index is 1.79. The van der Waals surface area contributed by atoms with Gasteiger partial charge in [-0.3, -0.25) is 19.3 Å². The SMILES string of the molecule is O=C(CN1C(=O)S/C(=C\c2sc(Cl)nc2Cl)C1=O)c1ccccc1. The van der Waals surface area contributed by atoms with Crippen molar-refractivity contribution in [1.29, 1.82) is 0 Å². The van der Waals surface area contributed by atoms with Gasteiger partial charge in [0.15, 0.2) is 10.3 Å². The minimum Gasteiger partial charge on any atom is -0.292 e. The van der Waals surface area contributed by atoms with Crippen LogP contribution in [0.2, 0.25) is 9.62 Å². The lowest BCUT2D eigenvalue weighted by molar-refractivity contribution is -0.122. The number of amides is 2. The first-order chi connectivity index (χ1) is 11.5. The minimum atomic E-state index is -0.533. The first kappa shape index (κ1) is 17.2. The Kier molecular flexibility index (Phi) is 5.05. The van der Waals surface area contributed by atoms with Gasteiger partial charge in [0.1, 0.15) is 5.15 Å². The average molecular weight is 399 g/mol. The zero-order valence-electron chi connectivity index (χ0n) is 11.9. The van der Waals surface area contributed by atoms with E-state index in [2.05, 4.69) is 4.98 Å². The van der Waals surface area contributed by atoms with Crippen LogP contribution in [0.25, 0.3) is 6.08 Å². The molecule has 9 heteroatoms. The number of ketones is 1. The quantitative estimate of drug-likeness (QED) is 0.564. The highest BCUT2D eigenvalue weighted by Crippen LogP contribution is 2.36. The lowest BCUT2D eigenvalue weighted by Gasteiger charge is -2.11. The van der Waals surface area contributed by atoms with Gasteiger partial charge in [0, 0.05) is 5.56 Å². The van der Waals surface area contributed by atoms with Gasteiger partial charge in [-0.25, -0.2) is 4.98 Å². The van der Waals surface area contributed by atoms with Crippen LogP contribution in [0.3, 0.4) is 0 Å². The number of imide groups is 1. The van der Waals surface area contributed by atoms with E-state index < -0.39 is 11.1 Å². The van der Waals surface area contributed by atoms with E-state index in [1.54, 1.807) is 30.3 Å². The molecule has 1 aliphatic rings. The van der Waals surface area contributed by atoms with Crippen molar-refractivity contribution >= 4 is 69.3 Å². The standard InChI is InChI=1S/C15H8Cl2N2O3S2/c16-12-10(23-14(17)18-12)6-11-13(21)19(15(22)24-11)7-9(20)8-4-2-1-3-5-8/h1-6H,7H2/b11-6-. The van der Waals surface area contributed by atoms with E-state index in [-0.39, 0.29) is 26.9 Å². The third-order valence-corrected chi connectivity index (χ3v) is 5.53. The summed E-state index contributed by atoms with van der Waals surface area (Å²) in [5, 5.41) is -0.334. The number of carbonyl (C=O) groups is 3. The Hall–Kier alpha value is -1.67. The number of halogens is 2. The molecule has 2 aromatic rings. The molecule has 1 aromatic carbocycles. The summed E-state index contributed by atoms with van der Waals surface area (Å²) >= 11 is 13.5. The number of thioether (sulfide) groups is 1. The summed E-state index contributed by atoms with van der Waals surface area (Å²) in [5.74, 6) is -0.840. The smallest absolute Gasteiger partial charge is 0.292 e. The third kappa shape index (κ3) is 3.54. The van der Waals surface area contributed by atoms with Crippen molar-refractivity contribution in [1.82, 2.24) is 9.88 Å². The van der Waals surface area contributed by atoms with E-state index >= 15 is 0 Å². The maximum absolute atomic E-state index is 12.4. The number of rotatable bonds is 4. The molecule has 0 unspecified atom stereocenters. The maximum Gasteiger partial charge on any atom is 0.293 e. The summed E-state index contributed by atoms with van der Waals surface area (Å²) in [6.45, 7) is -0.302. The van der Waals surface area contributed by atoms with Gasteiger partial charge in [0.2, 0.25) is 0 Å². The van der Waals surface area contributed by atoms with Crippen LogP contribution in [0.5, 0.6) is 0 Å². The second-order valence-electron chi connectivity index (χ2n) is 4.68. The van der Waals surface area contributed by atoms with E-state index in [0.29, 0.717) is 10.4 Å². The fourth-order valence-corrected chi connectivity index (χ4v) is 4.19. The van der Waals surface area contributed by atoms with Gasteiger partial charge in [-0.2, -0.15) is 0 Å². The maximum atomic E-state index is 12.4. The summed E-state index contributed by atoms with van der Waals surface area (Å²) in [6.07, 6.45) is 1.46. The fourth-order valence-electron chi connectivity index (χ4n) is 1.99. The van der Waals surface area contributed by atoms with Gasteiger partial charge in [0.25, 0.3) is 11.1 Å². The molecule has 24 heavy (non-hydrogen) atoms. The molecule has 2 heterocycles. The number of hydrogen-bond acceptors (Lipinski definition) is 6. The third-order valence-electron chi connectivity index (χ3n) is 3.12. The number of carbonyl (C=O) groups excluding carboxylic acids is 3. The first-order valence-electron chi connectivity index (χ1n) is 6.61. The van der Waals surface area contributed by atoms with E-state index in [0.717, 1.165) is 28.0 Å². The molecule has 0 radical (unpaired) electrons. The van der Waals surface area contributed by atoms with Crippen LogP contribution in [0.15, 0.2) is 35.2 Å². The Morgan fingerprint density at radius 2 is 1.92 bits per heavy atom. The Labute approximate surface area is 155 Å². The predicted octanol–water partition coefficient (Wildman–Crippen LogP) is 4.37. The van der Waals surface area contributed by atoms with Crippen LogP contribution in [0.4, 0.5) is 4.79 Å². The zero-order chi connectivity index (χ0) is 17.3. The second-order valence-corrected chi connectivity index (χ2v) is 7.64. The molecular weight excluding hydrogens is 391 g/mol. The summed E-state index contributed by atoms with van der Waals surface area (Å²) < 4.78 is 0.240. The second kappa shape index (κ2) is 7.06. The molecule has 1 fully saturated rings. The van der Waals surface area contributed by atoms with Crippen molar-refractivity contribution in [2.24, 2.45) is 0 Å². The van der Waals surface area contributed by atoms with Gasteiger partial charge in [-0.05, 0) is 17.8 Å².